The van der Waals surface area contributed by atoms with Gasteiger partial charge in [-0.3, -0.25) is 0 Å². The monoisotopic (exact) mass is 185 g/mol. The molecule has 0 bridgehead atoms. The van der Waals surface area contributed by atoms with E-state index in [1.54, 1.807) is 6.20 Å². The van der Waals surface area contributed by atoms with Gasteiger partial charge in [-0.05, 0) is 12.8 Å². The first-order chi connectivity index (χ1) is 6.93. The second-order valence-corrected chi connectivity index (χ2v) is 3.70. The second-order valence-electron chi connectivity index (χ2n) is 3.70. The highest BCUT2D eigenvalue weighted by molar-refractivity contribution is 5.90. The molecule has 0 aliphatic heterocycles. The first kappa shape index (κ1) is 7.74. The van der Waals surface area contributed by atoms with Gasteiger partial charge in [-0.1, -0.05) is 24.3 Å². The lowest BCUT2D eigenvalue weighted by atomic mass is 10.2. The summed E-state index contributed by atoms with van der Waals surface area (Å²) in [5.41, 5.74) is 0. The Labute approximate surface area is 82.2 Å². The molecule has 1 saturated carbocycles. The predicted octanol–water partition coefficient (Wildman–Crippen LogP) is 2.20. The zero-order chi connectivity index (χ0) is 9.38. The van der Waals surface area contributed by atoms with E-state index in [9.17, 15) is 0 Å². The first-order valence-corrected chi connectivity index (χ1v) is 4.90. The van der Waals surface area contributed by atoms with Crippen LogP contribution >= 0.6 is 0 Å². The van der Waals surface area contributed by atoms with Gasteiger partial charge in [0.2, 0.25) is 0 Å². The number of benzene rings is 1. The van der Waals surface area contributed by atoms with E-state index in [2.05, 4.69) is 27.6 Å². The Balaban J connectivity index is 2.11. The normalized spacial score (nSPS) is 15.7. The lowest BCUT2D eigenvalue weighted by Crippen LogP contribution is -2.04. The predicted molar refractivity (Wildman–Crippen MR) is 56.2 cm³/mol. The summed E-state index contributed by atoms with van der Waals surface area (Å²) in [7, 11) is 0. The zero-order valence-electron chi connectivity index (χ0n) is 7.77. The van der Waals surface area contributed by atoms with Gasteiger partial charge in [0.05, 0.1) is 6.20 Å². The quantitative estimate of drug-likeness (QED) is 0.779. The van der Waals surface area contributed by atoms with E-state index in [0.717, 1.165) is 16.6 Å². The van der Waals surface area contributed by atoms with Crippen molar-refractivity contribution in [2.24, 2.45) is 0 Å². The highest BCUT2D eigenvalue weighted by Crippen LogP contribution is 2.27. The third-order valence-electron chi connectivity index (χ3n) is 2.49. The minimum absolute atomic E-state index is 0.620. The van der Waals surface area contributed by atoms with Crippen molar-refractivity contribution >= 4 is 16.6 Å². The molecular formula is C11H11N3. The Morgan fingerprint density at radius 1 is 1.21 bits per heavy atom. The molecule has 0 saturated heterocycles. The second kappa shape index (κ2) is 2.94. The van der Waals surface area contributed by atoms with Crippen molar-refractivity contribution in [3.05, 3.63) is 30.5 Å². The van der Waals surface area contributed by atoms with Gasteiger partial charge in [0.25, 0.3) is 0 Å². The summed E-state index contributed by atoms with van der Waals surface area (Å²) in [5, 5.41) is 13.8. The number of nitrogens with zero attached hydrogens (tertiary/aromatic N) is 2. The van der Waals surface area contributed by atoms with Crippen LogP contribution in [0.25, 0.3) is 10.8 Å². The van der Waals surface area contributed by atoms with Gasteiger partial charge in [-0.25, -0.2) is 0 Å². The summed E-state index contributed by atoms with van der Waals surface area (Å²) in [5.74, 6) is 0.922. The van der Waals surface area contributed by atoms with Crippen LogP contribution in [0.1, 0.15) is 12.8 Å². The average Bonchev–Trinajstić information content (AvgIpc) is 3.03. The zero-order valence-corrected chi connectivity index (χ0v) is 7.77. The molecule has 70 valence electrons. The summed E-state index contributed by atoms with van der Waals surface area (Å²) < 4.78 is 0. The van der Waals surface area contributed by atoms with Crippen LogP contribution in [0.15, 0.2) is 30.5 Å². The number of nitrogens with one attached hydrogen (secondary N) is 1. The van der Waals surface area contributed by atoms with Crippen molar-refractivity contribution in [2.45, 2.75) is 18.9 Å². The van der Waals surface area contributed by atoms with E-state index in [1.165, 1.54) is 12.8 Å². The largest absolute Gasteiger partial charge is 0.365 e. The molecule has 0 amide bonds. The van der Waals surface area contributed by atoms with Gasteiger partial charge in [-0.15, -0.1) is 5.10 Å². The molecule has 14 heavy (non-hydrogen) atoms. The van der Waals surface area contributed by atoms with Crippen molar-refractivity contribution < 1.29 is 0 Å². The number of hydrogen-bond donors (Lipinski definition) is 1. The van der Waals surface area contributed by atoms with Crippen molar-refractivity contribution in [1.29, 1.82) is 0 Å². The number of fused-ring (bicyclic) bond motifs is 1. The topological polar surface area (TPSA) is 37.8 Å². The SMILES string of the molecule is c1ccc2c(NC3CC3)nncc2c1. The van der Waals surface area contributed by atoms with Crippen LogP contribution in [0, 0.1) is 0 Å². The van der Waals surface area contributed by atoms with Crippen LogP contribution in [0.5, 0.6) is 0 Å². The third-order valence-corrected chi connectivity index (χ3v) is 2.49. The highest BCUT2D eigenvalue weighted by atomic mass is 15.2. The molecule has 0 atom stereocenters. The minimum atomic E-state index is 0.620. The Bertz CT molecular complexity index is 458. The molecule has 1 aliphatic rings. The summed E-state index contributed by atoms with van der Waals surface area (Å²) >= 11 is 0. The molecule has 0 spiro atoms. The van der Waals surface area contributed by atoms with Gasteiger partial charge in [0.1, 0.15) is 0 Å². The maximum atomic E-state index is 4.13. The summed E-state index contributed by atoms with van der Waals surface area (Å²) in [4.78, 5) is 0. The van der Waals surface area contributed by atoms with Gasteiger partial charge in [-0.2, -0.15) is 5.10 Å². The number of rotatable bonds is 2. The molecule has 3 nitrogen and oxygen atoms in total. The van der Waals surface area contributed by atoms with E-state index < -0.39 is 0 Å². The van der Waals surface area contributed by atoms with E-state index in [0.29, 0.717) is 6.04 Å². The highest BCUT2D eigenvalue weighted by Gasteiger charge is 2.22. The Hall–Kier alpha value is -1.64. The first-order valence-electron chi connectivity index (χ1n) is 4.90. The van der Waals surface area contributed by atoms with Gasteiger partial charge in [0, 0.05) is 16.8 Å². The summed E-state index contributed by atoms with van der Waals surface area (Å²) in [6, 6.07) is 8.80. The molecule has 0 radical (unpaired) electrons. The van der Waals surface area contributed by atoms with Crippen LogP contribution < -0.4 is 5.32 Å². The minimum Gasteiger partial charge on any atom is -0.365 e. The van der Waals surface area contributed by atoms with Crippen molar-refractivity contribution in [1.82, 2.24) is 10.2 Å². The van der Waals surface area contributed by atoms with Gasteiger partial charge < -0.3 is 5.32 Å². The Morgan fingerprint density at radius 2 is 2.07 bits per heavy atom. The van der Waals surface area contributed by atoms with Crippen LogP contribution in [0.3, 0.4) is 0 Å². The molecule has 0 unspecified atom stereocenters. The van der Waals surface area contributed by atoms with Crippen LogP contribution in [-0.4, -0.2) is 16.2 Å². The van der Waals surface area contributed by atoms with Crippen LogP contribution in [-0.2, 0) is 0 Å². The molecule has 3 heteroatoms. The maximum absolute atomic E-state index is 4.13. The smallest absolute Gasteiger partial charge is 0.156 e. The molecule has 1 fully saturated rings. The lowest BCUT2D eigenvalue weighted by Gasteiger charge is -2.05. The molecule has 1 aromatic heterocycles. The van der Waals surface area contributed by atoms with Gasteiger partial charge in [0.15, 0.2) is 5.82 Å². The fourth-order valence-corrected chi connectivity index (χ4v) is 1.56. The summed E-state index contributed by atoms with van der Waals surface area (Å²) in [6.07, 6.45) is 4.31. The van der Waals surface area contributed by atoms with E-state index >= 15 is 0 Å². The fraction of sp³-hybridized carbons (Fsp3) is 0.273. The molecular weight excluding hydrogens is 174 g/mol. The van der Waals surface area contributed by atoms with Crippen molar-refractivity contribution in [2.75, 3.05) is 5.32 Å². The van der Waals surface area contributed by atoms with E-state index in [4.69, 9.17) is 0 Å². The average molecular weight is 185 g/mol. The maximum Gasteiger partial charge on any atom is 0.156 e. The molecule has 3 rings (SSSR count). The number of hydrogen-bond acceptors (Lipinski definition) is 3. The summed E-state index contributed by atoms with van der Waals surface area (Å²) in [6.45, 7) is 0. The number of aromatic nitrogens is 2. The molecule has 1 aliphatic carbocycles. The molecule has 1 N–H and O–H groups in total. The van der Waals surface area contributed by atoms with E-state index in [-0.39, 0.29) is 0 Å². The van der Waals surface area contributed by atoms with Crippen LogP contribution in [0.4, 0.5) is 5.82 Å². The van der Waals surface area contributed by atoms with Crippen LogP contribution in [0.2, 0.25) is 0 Å². The molecule has 1 heterocycles. The molecule has 2 aromatic rings. The van der Waals surface area contributed by atoms with E-state index in [1.807, 2.05) is 12.1 Å². The third kappa shape index (κ3) is 1.31. The lowest BCUT2D eigenvalue weighted by molar-refractivity contribution is 1.02. The standard InChI is InChI=1S/C11H11N3/c1-2-4-10-8(3-1)7-12-14-11(10)13-9-5-6-9/h1-4,7,9H,5-6H2,(H,13,14). The number of anilines is 1. The Kier molecular flexibility index (Phi) is 1.63. The van der Waals surface area contributed by atoms with Gasteiger partial charge >= 0.3 is 0 Å². The van der Waals surface area contributed by atoms with Crippen molar-refractivity contribution in [3.63, 3.8) is 0 Å². The fourth-order valence-electron chi connectivity index (χ4n) is 1.56. The van der Waals surface area contributed by atoms with Crippen molar-refractivity contribution in [3.8, 4) is 0 Å². The Morgan fingerprint density at radius 3 is 2.93 bits per heavy atom. The molecule has 1 aromatic carbocycles.